The number of aliphatic hydroxyl groups is 3. The van der Waals surface area contributed by atoms with Crippen LogP contribution in [0.15, 0.2) is 76.9 Å². The van der Waals surface area contributed by atoms with Gasteiger partial charge >= 0.3 is 0 Å². The van der Waals surface area contributed by atoms with Gasteiger partial charge in [0.05, 0.1) is 29.4 Å². The standard InChI is InChI=1S/C47H55NO11.H2O/c1-24(16-17-31-26(3)14-10-18-46(31,6)7)11-8-12-25(2)19-35(51)48-32-20-36(58-28(5)41(32)52)59-33-22-47(57,34(50)23-49)21-30-38(33)45(56)40-39(43(30)54)42(53)29-15-9-13-27(4)37(29)44(40)55;/h8-9,11-13,15-17,19,28,32-33,36,41,49,52,54,56-57H,10,14,18,20-23H2,1-7H3,(H,48,51);1H2/b12-8+,17-16+,24-11+,25-19+;. The average molecular weight is 828 g/mol. The van der Waals surface area contributed by atoms with Crippen molar-refractivity contribution in [3.63, 3.8) is 0 Å². The third kappa shape index (κ3) is 8.88. The van der Waals surface area contributed by atoms with Gasteiger partial charge in [-0.25, -0.2) is 0 Å². The highest BCUT2D eigenvalue weighted by molar-refractivity contribution is 6.31. The van der Waals surface area contributed by atoms with E-state index in [1.54, 1.807) is 39.0 Å². The van der Waals surface area contributed by atoms with Crippen molar-refractivity contribution in [1.29, 1.82) is 0 Å². The molecule has 0 saturated carbocycles. The quantitative estimate of drug-likeness (QED) is 0.0888. The van der Waals surface area contributed by atoms with Crippen LogP contribution in [-0.4, -0.2) is 91.0 Å². The van der Waals surface area contributed by atoms with E-state index in [4.69, 9.17) is 9.47 Å². The number of nitrogens with one attached hydrogen (secondary N) is 1. The predicted molar refractivity (Wildman–Crippen MR) is 224 cm³/mol. The number of Topliss-reactive ketones (excluding diaryl/α,β-unsaturated/α-hetero) is 1. The number of amides is 1. The minimum absolute atomic E-state index is 0. The summed E-state index contributed by atoms with van der Waals surface area (Å²) in [6, 6.07) is 3.78. The maximum atomic E-state index is 13.9. The van der Waals surface area contributed by atoms with E-state index in [0.29, 0.717) is 11.1 Å². The molecule has 60 heavy (non-hydrogen) atoms. The number of fused-ring (bicyclic) bond motifs is 3. The van der Waals surface area contributed by atoms with E-state index in [1.807, 2.05) is 19.1 Å². The highest BCUT2D eigenvalue weighted by atomic mass is 16.7. The van der Waals surface area contributed by atoms with Crippen molar-refractivity contribution in [3.05, 3.63) is 116 Å². The molecule has 3 aliphatic carbocycles. The first-order valence-electron chi connectivity index (χ1n) is 20.1. The summed E-state index contributed by atoms with van der Waals surface area (Å²) < 4.78 is 12.3. The Balaban J connectivity index is 0.00000683. The number of carbonyl (C=O) groups is 4. The van der Waals surface area contributed by atoms with Crippen LogP contribution in [0.4, 0.5) is 0 Å². The fourth-order valence-electron chi connectivity index (χ4n) is 9.00. The number of aromatic hydroxyl groups is 2. The normalized spacial score (nSPS) is 26.7. The van der Waals surface area contributed by atoms with Crippen LogP contribution in [-0.2, 0) is 25.5 Å². The number of rotatable bonds is 10. The van der Waals surface area contributed by atoms with E-state index >= 15 is 0 Å². The van der Waals surface area contributed by atoms with E-state index in [1.165, 1.54) is 29.7 Å². The Labute approximate surface area is 350 Å². The van der Waals surface area contributed by atoms with E-state index in [2.05, 4.69) is 38.2 Å². The zero-order chi connectivity index (χ0) is 43.1. The van der Waals surface area contributed by atoms with Crippen LogP contribution in [0.25, 0.3) is 0 Å². The smallest absolute Gasteiger partial charge is 0.244 e. The van der Waals surface area contributed by atoms with Gasteiger partial charge in [0.2, 0.25) is 5.91 Å². The average Bonchev–Trinajstić information content (AvgIpc) is 3.16. The lowest BCUT2D eigenvalue weighted by Gasteiger charge is -2.42. The van der Waals surface area contributed by atoms with Crippen LogP contribution >= 0.6 is 0 Å². The number of hydrogen-bond acceptors (Lipinski definition) is 11. The van der Waals surface area contributed by atoms with Crippen molar-refractivity contribution in [2.24, 2.45) is 5.41 Å². The maximum Gasteiger partial charge on any atom is 0.244 e. The molecule has 4 aliphatic rings. The Kier molecular flexibility index (Phi) is 13.7. The molecule has 1 aliphatic heterocycles. The summed E-state index contributed by atoms with van der Waals surface area (Å²) in [5.41, 5.74) is 1.68. The topological polar surface area (TPSA) is 231 Å². The third-order valence-corrected chi connectivity index (χ3v) is 12.2. The lowest BCUT2D eigenvalue weighted by molar-refractivity contribution is -0.249. The first-order valence-corrected chi connectivity index (χ1v) is 20.1. The molecule has 8 N–H and O–H groups in total. The van der Waals surface area contributed by atoms with E-state index in [0.717, 1.165) is 18.4 Å². The SMILES string of the molecule is CC1=C(/C=C/C(C)=C/C=C/C(C)=C/C(=O)NC2CC(OC3CC(O)(C(=O)CO)Cc4c(O)c5c(c(O)c43)C(=O)c3c(C)cccc3C5=O)OC(C)C2O)C(C)(C)CCC1.O. The second-order valence-corrected chi connectivity index (χ2v) is 17.1. The van der Waals surface area contributed by atoms with Gasteiger partial charge in [0.25, 0.3) is 0 Å². The third-order valence-electron chi connectivity index (χ3n) is 12.2. The van der Waals surface area contributed by atoms with Gasteiger partial charge in [-0.1, -0.05) is 73.6 Å². The Morgan fingerprint density at radius 3 is 2.40 bits per heavy atom. The number of phenolic OH excluding ortho intramolecular Hbond substituents is 2. The summed E-state index contributed by atoms with van der Waals surface area (Å²) in [7, 11) is 0. The molecule has 2 aromatic carbocycles. The Morgan fingerprint density at radius 1 is 1.02 bits per heavy atom. The molecule has 0 spiro atoms. The van der Waals surface area contributed by atoms with Crippen LogP contribution < -0.4 is 5.32 Å². The van der Waals surface area contributed by atoms with Crippen LogP contribution in [0, 0.1) is 12.3 Å². The number of hydrogen-bond donors (Lipinski definition) is 6. The molecule has 1 heterocycles. The van der Waals surface area contributed by atoms with E-state index in [9.17, 15) is 44.7 Å². The largest absolute Gasteiger partial charge is 0.507 e. The van der Waals surface area contributed by atoms with Crippen molar-refractivity contribution < 1.29 is 59.7 Å². The molecule has 1 fully saturated rings. The zero-order valence-corrected chi connectivity index (χ0v) is 35.2. The first kappa shape index (κ1) is 46.1. The van der Waals surface area contributed by atoms with Crippen LogP contribution in [0.5, 0.6) is 11.5 Å². The van der Waals surface area contributed by atoms with Crippen LogP contribution in [0.2, 0.25) is 0 Å². The summed E-state index contributed by atoms with van der Waals surface area (Å²) in [4.78, 5) is 53.8. The Bertz CT molecular complexity index is 2240. The molecule has 13 heteroatoms. The summed E-state index contributed by atoms with van der Waals surface area (Å²) in [5, 5.41) is 58.6. The maximum absolute atomic E-state index is 13.9. The number of phenols is 2. The molecule has 0 radical (unpaired) electrons. The Hall–Kier alpha value is -5.02. The molecule has 2 aromatic rings. The fourth-order valence-corrected chi connectivity index (χ4v) is 9.00. The molecular formula is C47H57NO12. The monoisotopic (exact) mass is 827 g/mol. The molecule has 1 saturated heterocycles. The second kappa shape index (κ2) is 17.9. The van der Waals surface area contributed by atoms with Gasteiger partial charge < -0.3 is 45.8 Å². The van der Waals surface area contributed by atoms with Crippen molar-refractivity contribution in [2.75, 3.05) is 6.61 Å². The predicted octanol–water partition coefficient (Wildman–Crippen LogP) is 5.17. The van der Waals surface area contributed by atoms with Gasteiger partial charge in [-0.15, -0.1) is 0 Å². The van der Waals surface area contributed by atoms with Crippen molar-refractivity contribution in [2.45, 2.75) is 123 Å². The van der Waals surface area contributed by atoms with Crippen molar-refractivity contribution >= 4 is 23.3 Å². The Morgan fingerprint density at radius 2 is 1.72 bits per heavy atom. The minimum Gasteiger partial charge on any atom is -0.507 e. The summed E-state index contributed by atoms with van der Waals surface area (Å²) in [6.07, 6.45) is 8.90. The fraction of sp³-hybridized carbons (Fsp3) is 0.447. The van der Waals surface area contributed by atoms with E-state index in [-0.39, 0.29) is 39.6 Å². The van der Waals surface area contributed by atoms with Gasteiger partial charge in [0, 0.05) is 47.6 Å². The molecular weight excluding hydrogens is 771 g/mol. The molecule has 13 nitrogen and oxygen atoms in total. The molecule has 6 rings (SSSR count). The number of ketones is 3. The van der Waals surface area contributed by atoms with Crippen LogP contribution in [0.3, 0.4) is 0 Å². The molecule has 322 valence electrons. The summed E-state index contributed by atoms with van der Waals surface area (Å²) in [5.74, 6) is -4.26. The molecule has 0 bridgehead atoms. The summed E-state index contributed by atoms with van der Waals surface area (Å²) >= 11 is 0. The van der Waals surface area contributed by atoms with Crippen molar-refractivity contribution in [1.82, 2.24) is 5.32 Å². The van der Waals surface area contributed by atoms with Gasteiger partial charge in [0.1, 0.15) is 29.8 Å². The van der Waals surface area contributed by atoms with Gasteiger partial charge in [0.15, 0.2) is 23.6 Å². The number of ether oxygens (including phenoxy) is 2. The first-order chi connectivity index (χ1) is 27.8. The minimum atomic E-state index is -2.31. The highest BCUT2D eigenvalue weighted by Gasteiger charge is 2.50. The van der Waals surface area contributed by atoms with Crippen LogP contribution in [0.1, 0.15) is 128 Å². The number of benzene rings is 2. The number of carbonyl (C=O) groups excluding carboxylic acids is 4. The van der Waals surface area contributed by atoms with Crippen molar-refractivity contribution in [3.8, 4) is 11.5 Å². The second-order valence-electron chi connectivity index (χ2n) is 17.1. The van der Waals surface area contributed by atoms with E-state index < -0.39 is 102 Å². The number of allylic oxidation sites excluding steroid dienone is 9. The number of aryl methyl sites for hydroxylation is 1. The lowest BCUT2D eigenvalue weighted by atomic mass is 9.71. The molecule has 6 atom stereocenters. The summed E-state index contributed by atoms with van der Waals surface area (Å²) in [6.45, 7) is 12.7. The lowest BCUT2D eigenvalue weighted by Crippen LogP contribution is -2.55. The molecule has 0 aromatic heterocycles. The molecule has 1 amide bonds. The van der Waals surface area contributed by atoms with Gasteiger partial charge in [-0.3, -0.25) is 19.2 Å². The highest BCUT2D eigenvalue weighted by Crippen LogP contribution is 2.52. The van der Waals surface area contributed by atoms with Gasteiger partial charge in [-0.2, -0.15) is 0 Å². The zero-order valence-electron chi connectivity index (χ0n) is 35.2. The van der Waals surface area contributed by atoms with Gasteiger partial charge in [-0.05, 0) is 76.0 Å². The number of aliphatic hydroxyl groups excluding tert-OH is 2. The molecule has 6 unspecified atom stereocenters.